The highest BCUT2D eigenvalue weighted by molar-refractivity contribution is 5.87. The molecule has 0 aliphatic carbocycles. The molecule has 9 atom stereocenters. The minimum atomic E-state index is -0.783. The van der Waals surface area contributed by atoms with Gasteiger partial charge in [0.05, 0.1) is 31.0 Å². The Morgan fingerprint density at radius 1 is 1.24 bits per heavy atom. The number of amides is 1. The minimum Gasteiger partial charge on any atom is -0.459 e. The predicted molar refractivity (Wildman–Crippen MR) is 137 cm³/mol. The SMILES string of the molecule is CC(=O)OC(C)C=CC(=O)NC1CC(C)C(CC=C(C)C=CC2OC(CN=O)CC3(CO3)C2O)OC1C. The molecule has 206 valence electrons. The van der Waals surface area contributed by atoms with E-state index in [-0.39, 0.29) is 42.7 Å². The van der Waals surface area contributed by atoms with Gasteiger partial charge in [0.1, 0.15) is 30.5 Å². The van der Waals surface area contributed by atoms with E-state index in [1.54, 1.807) is 13.0 Å². The molecule has 0 aromatic carbocycles. The van der Waals surface area contributed by atoms with E-state index in [4.69, 9.17) is 18.9 Å². The van der Waals surface area contributed by atoms with Crippen LogP contribution in [0.4, 0.5) is 0 Å². The third-order valence-corrected chi connectivity index (χ3v) is 7.20. The van der Waals surface area contributed by atoms with Gasteiger partial charge in [-0.1, -0.05) is 35.9 Å². The normalized spacial score (nSPS) is 37.0. The Kier molecular flexibility index (Phi) is 10.2. The predicted octanol–water partition coefficient (Wildman–Crippen LogP) is 2.74. The first kappa shape index (κ1) is 29.2. The average molecular weight is 521 g/mol. The van der Waals surface area contributed by atoms with E-state index in [0.717, 1.165) is 12.0 Å². The van der Waals surface area contributed by atoms with Gasteiger partial charge in [-0.15, -0.1) is 0 Å². The van der Waals surface area contributed by atoms with Gasteiger partial charge in [0.15, 0.2) is 0 Å². The fourth-order valence-corrected chi connectivity index (χ4v) is 4.96. The summed E-state index contributed by atoms with van der Waals surface area (Å²) in [4.78, 5) is 34.0. The summed E-state index contributed by atoms with van der Waals surface area (Å²) in [6.45, 7) is 9.56. The number of ether oxygens (including phenoxy) is 4. The standard InChI is InChI=1S/C27H40N2O8/c1-16(7-10-24-26(32)27(15-34-27)13-21(37-24)14-28-33)6-9-23-17(2)12-22(19(4)36-23)29-25(31)11-8-18(3)35-20(5)30/h6-8,10-11,17-19,21-24,26,32H,9,12-15H2,1-5H3,(H,29,31). The molecule has 9 unspecified atom stereocenters. The van der Waals surface area contributed by atoms with E-state index >= 15 is 0 Å². The number of epoxide rings is 1. The van der Waals surface area contributed by atoms with Crippen LogP contribution >= 0.6 is 0 Å². The number of aliphatic hydroxyl groups excluding tert-OH is 1. The summed E-state index contributed by atoms with van der Waals surface area (Å²) in [6.07, 6.45) is 8.38. The smallest absolute Gasteiger partial charge is 0.303 e. The first-order chi connectivity index (χ1) is 17.5. The summed E-state index contributed by atoms with van der Waals surface area (Å²) in [5.41, 5.74) is 0.382. The van der Waals surface area contributed by atoms with Gasteiger partial charge in [0.2, 0.25) is 5.91 Å². The Labute approximate surface area is 218 Å². The monoisotopic (exact) mass is 520 g/mol. The van der Waals surface area contributed by atoms with E-state index in [1.807, 2.05) is 26.0 Å². The number of hydrogen-bond acceptors (Lipinski definition) is 9. The molecule has 2 N–H and O–H groups in total. The molecular formula is C27H40N2O8. The number of allylic oxidation sites excluding steroid dienone is 2. The van der Waals surface area contributed by atoms with Crippen LogP contribution in [0.25, 0.3) is 0 Å². The minimum absolute atomic E-state index is 0.00809. The van der Waals surface area contributed by atoms with Crippen molar-refractivity contribution in [3.05, 3.63) is 40.9 Å². The lowest BCUT2D eigenvalue weighted by molar-refractivity contribution is -0.143. The van der Waals surface area contributed by atoms with Gasteiger partial charge in [0, 0.05) is 19.4 Å². The molecule has 37 heavy (non-hydrogen) atoms. The second kappa shape index (κ2) is 12.9. The van der Waals surface area contributed by atoms with Gasteiger partial charge in [-0.05, 0) is 45.6 Å². The van der Waals surface area contributed by atoms with Crippen LogP contribution in [0, 0.1) is 10.8 Å². The van der Waals surface area contributed by atoms with Crippen molar-refractivity contribution in [3.63, 3.8) is 0 Å². The number of nitrogens with zero attached hydrogens (tertiary/aromatic N) is 1. The highest BCUT2D eigenvalue weighted by Crippen LogP contribution is 2.42. The van der Waals surface area contributed by atoms with Crippen molar-refractivity contribution in [2.45, 2.75) is 102 Å². The van der Waals surface area contributed by atoms with Crippen LogP contribution in [0.15, 0.2) is 41.1 Å². The molecule has 3 rings (SSSR count). The first-order valence-electron chi connectivity index (χ1n) is 13.0. The van der Waals surface area contributed by atoms with Crippen molar-refractivity contribution in [1.82, 2.24) is 5.32 Å². The van der Waals surface area contributed by atoms with Crippen molar-refractivity contribution in [2.24, 2.45) is 11.1 Å². The number of carbonyl (C=O) groups excluding carboxylic acids is 2. The first-order valence-corrected chi connectivity index (χ1v) is 13.0. The average Bonchev–Trinajstić information content (AvgIpc) is 3.60. The molecule has 1 spiro atoms. The van der Waals surface area contributed by atoms with Crippen LogP contribution in [0.1, 0.15) is 53.9 Å². The molecule has 0 aromatic rings. The number of esters is 1. The molecule has 3 aliphatic rings. The molecule has 3 fully saturated rings. The molecular weight excluding hydrogens is 480 g/mol. The quantitative estimate of drug-likeness (QED) is 0.148. The van der Waals surface area contributed by atoms with E-state index in [9.17, 15) is 19.6 Å². The second-order valence-corrected chi connectivity index (χ2v) is 10.5. The Bertz CT molecular complexity index is 912. The largest absolute Gasteiger partial charge is 0.459 e. The summed E-state index contributed by atoms with van der Waals surface area (Å²) in [5, 5.41) is 16.6. The lowest BCUT2D eigenvalue weighted by atomic mass is 9.87. The molecule has 1 amide bonds. The maximum atomic E-state index is 12.3. The zero-order valence-corrected chi connectivity index (χ0v) is 22.3. The van der Waals surface area contributed by atoms with Crippen molar-refractivity contribution >= 4 is 11.9 Å². The summed E-state index contributed by atoms with van der Waals surface area (Å²) in [7, 11) is 0. The molecule has 3 heterocycles. The van der Waals surface area contributed by atoms with Crippen molar-refractivity contribution in [3.8, 4) is 0 Å². The zero-order chi connectivity index (χ0) is 27.2. The number of carbonyl (C=O) groups is 2. The van der Waals surface area contributed by atoms with Gasteiger partial charge in [-0.3, -0.25) is 9.59 Å². The van der Waals surface area contributed by atoms with Gasteiger partial charge < -0.3 is 29.4 Å². The molecule has 10 nitrogen and oxygen atoms in total. The number of nitrogens with one attached hydrogen (secondary N) is 1. The lowest BCUT2D eigenvalue weighted by Crippen LogP contribution is -2.50. The van der Waals surface area contributed by atoms with E-state index in [0.29, 0.717) is 19.4 Å². The van der Waals surface area contributed by atoms with E-state index in [1.165, 1.54) is 13.0 Å². The van der Waals surface area contributed by atoms with Crippen molar-refractivity contribution in [2.75, 3.05) is 13.2 Å². The highest BCUT2D eigenvalue weighted by Gasteiger charge is 2.58. The van der Waals surface area contributed by atoms with Crippen LogP contribution in [-0.4, -0.2) is 78.4 Å². The van der Waals surface area contributed by atoms with Gasteiger partial charge >= 0.3 is 5.97 Å². The van der Waals surface area contributed by atoms with E-state index in [2.05, 4.69) is 23.5 Å². The van der Waals surface area contributed by atoms with E-state index < -0.39 is 29.9 Å². The molecule has 0 radical (unpaired) electrons. The maximum absolute atomic E-state index is 12.3. The Hall–Kier alpha value is -2.40. The number of hydrogen-bond donors (Lipinski definition) is 2. The molecule has 0 saturated carbocycles. The number of aliphatic hydroxyl groups is 1. The fourth-order valence-electron chi connectivity index (χ4n) is 4.96. The Balaban J connectivity index is 1.49. The number of nitroso groups, excluding NO2 is 1. The molecule has 3 saturated heterocycles. The second-order valence-electron chi connectivity index (χ2n) is 10.5. The van der Waals surface area contributed by atoms with Crippen molar-refractivity contribution in [1.29, 1.82) is 0 Å². The van der Waals surface area contributed by atoms with Crippen LogP contribution in [0.3, 0.4) is 0 Å². The van der Waals surface area contributed by atoms with Gasteiger partial charge in [-0.25, -0.2) is 0 Å². The van der Waals surface area contributed by atoms with Crippen LogP contribution in [-0.2, 0) is 28.5 Å². The van der Waals surface area contributed by atoms with Crippen LogP contribution in [0.2, 0.25) is 0 Å². The molecule has 0 bridgehead atoms. The molecule has 0 aromatic heterocycles. The summed E-state index contributed by atoms with van der Waals surface area (Å²) in [6, 6.07) is -0.117. The van der Waals surface area contributed by atoms with Crippen molar-refractivity contribution < 1.29 is 33.6 Å². The van der Waals surface area contributed by atoms with Crippen LogP contribution in [0.5, 0.6) is 0 Å². The maximum Gasteiger partial charge on any atom is 0.303 e. The third kappa shape index (κ3) is 8.29. The molecule has 3 aliphatic heterocycles. The topological polar surface area (TPSA) is 136 Å². The summed E-state index contributed by atoms with van der Waals surface area (Å²) in [5.74, 6) is -0.415. The fraction of sp³-hybridized carbons (Fsp3) is 0.704. The highest BCUT2D eigenvalue weighted by atomic mass is 16.6. The number of rotatable bonds is 10. The van der Waals surface area contributed by atoms with Gasteiger partial charge in [-0.2, -0.15) is 4.91 Å². The summed E-state index contributed by atoms with van der Waals surface area (Å²) < 4.78 is 22.6. The van der Waals surface area contributed by atoms with Gasteiger partial charge in [0.25, 0.3) is 0 Å². The van der Waals surface area contributed by atoms with Crippen LogP contribution < -0.4 is 5.32 Å². The Morgan fingerprint density at radius 3 is 2.62 bits per heavy atom. The molecule has 10 heteroatoms. The summed E-state index contributed by atoms with van der Waals surface area (Å²) >= 11 is 0. The Morgan fingerprint density at radius 2 is 1.97 bits per heavy atom. The third-order valence-electron chi connectivity index (χ3n) is 7.20. The zero-order valence-electron chi connectivity index (χ0n) is 22.3. The lowest BCUT2D eigenvalue weighted by Gasteiger charge is -2.39.